The predicted molar refractivity (Wildman–Crippen MR) is 119 cm³/mol. The molecule has 0 aliphatic carbocycles. The van der Waals surface area contributed by atoms with Gasteiger partial charge in [-0.05, 0) is 58.7 Å². The fraction of sp³-hybridized carbons (Fsp3) is 0.0800. The Hall–Kier alpha value is -3.99. The monoisotopic (exact) mass is 395 g/mol. The Morgan fingerprint density at radius 2 is 1.63 bits per heavy atom. The average molecular weight is 395 g/mol. The Morgan fingerprint density at radius 1 is 0.833 bits per heavy atom. The second-order valence-electron chi connectivity index (χ2n) is 6.99. The molecule has 0 bridgehead atoms. The van der Waals surface area contributed by atoms with Gasteiger partial charge in [0.05, 0.1) is 0 Å². The van der Waals surface area contributed by atoms with E-state index in [1.807, 2.05) is 66.7 Å². The molecule has 0 fully saturated rings. The van der Waals surface area contributed by atoms with Crippen LogP contribution in [-0.2, 0) is 6.42 Å². The van der Waals surface area contributed by atoms with Crippen LogP contribution in [0.1, 0.15) is 32.0 Å². The van der Waals surface area contributed by atoms with Crippen molar-refractivity contribution in [1.82, 2.24) is 10.3 Å². The van der Waals surface area contributed by atoms with Crippen molar-refractivity contribution in [3.8, 4) is 0 Å². The number of aromatic nitrogens is 1. The van der Waals surface area contributed by atoms with E-state index in [0.717, 1.165) is 27.6 Å². The largest absolute Gasteiger partial charge is 0.354 e. The summed E-state index contributed by atoms with van der Waals surface area (Å²) in [5, 5.41) is 7.43. The summed E-state index contributed by atoms with van der Waals surface area (Å²) in [4.78, 5) is 28.7. The zero-order chi connectivity index (χ0) is 20.9. The van der Waals surface area contributed by atoms with Crippen LogP contribution in [0.15, 0.2) is 85.1 Å². The van der Waals surface area contributed by atoms with Gasteiger partial charge in [-0.15, -0.1) is 0 Å². The fourth-order valence-electron chi connectivity index (χ4n) is 3.43. The van der Waals surface area contributed by atoms with Crippen molar-refractivity contribution in [2.75, 3.05) is 12.4 Å². The first kappa shape index (κ1) is 19.3. The Kier molecular flexibility index (Phi) is 5.52. The maximum atomic E-state index is 12.8. The summed E-state index contributed by atoms with van der Waals surface area (Å²) in [6, 6.07) is 24.9. The molecule has 1 heterocycles. The van der Waals surface area contributed by atoms with Gasteiger partial charge in [0, 0.05) is 24.5 Å². The molecule has 0 radical (unpaired) electrons. The van der Waals surface area contributed by atoms with Crippen LogP contribution >= 0.6 is 0 Å². The molecule has 4 rings (SSSR count). The SMILES string of the molecule is CNC(=O)c1cc(Cc2ccc3c(C(=O)Nc4ccccc4)cccc3c2)ccn1. The highest BCUT2D eigenvalue weighted by Crippen LogP contribution is 2.23. The van der Waals surface area contributed by atoms with E-state index in [2.05, 4.69) is 21.7 Å². The Morgan fingerprint density at radius 3 is 2.43 bits per heavy atom. The van der Waals surface area contributed by atoms with Crippen LogP contribution in [0.5, 0.6) is 0 Å². The highest BCUT2D eigenvalue weighted by Gasteiger charge is 2.11. The van der Waals surface area contributed by atoms with E-state index in [-0.39, 0.29) is 11.8 Å². The number of fused-ring (bicyclic) bond motifs is 1. The first-order chi connectivity index (χ1) is 14.6. The van der Waals surface area contributed by atoms with Gasteiger partial charge in [0.2, 0.25) is 0 Å². The zero-order valence-electron chi connectivity index (χ0n) is 16.6. The minimum Gasteiger partial charge on any atom is -0.354 e. The number of nitrogens with zero attached hydrogens (tertiary/aromatic N) is 1. The Balaban J connectivity index is 1.60. The third-order valence-electron chi connectivity index (χ3n) is 4.91. The first-order valence-electron chi connectivity index (χ1n) is 9.69. The number of benzene rings is 3. The van der Waals surface area contributed by atoms with Gasteiger partial charge >= 0.3 is 0 Å². The van der Waals surface area contributed by atoms with Crippen molar-refractivity contribution in [1.29, 1.82) is 0 Å². The van der Waals surface area contributed by atoms with Gasteiger partial charge in [0.15, 0.2) is 0 Å². The van der Waals surface area contributed by atoms with Crippen molar-refractivity contribution in [2.24, 2.45) is 0 Å². The minimum absolute atomic E-state index is 0.135. The molecule has 2 amide bonds. The molecule has 1 aromatic heterocycles. The number of carbonyl (C=O) groups excluding carboxylic acids is 2. The minimum atomic E-state index is -0.204. The van der Waals surface area contributed by atoms with Crippen LogP contribution in [-0.4, -0.2) is 23.8 Å². The quantitative estimate of drug-likeness (QED) is 0.525. The average Bonchev–Trinajstić information content (AvgIpc) is 2.78. The number of hydrogen-bond donors (Lipinski definition) is 2. The van der Waals surface area contributed by atoms with E-state index in [4.69, 9.17) is 0 Å². The molecule has 4 aromatic rings. The van der Waals surface area contributed by atoms with Crippen molar-refractivity contribution in [3.05, 3.63) is 107 Å². The zero-order valence-corrected chi connectivity index (χ0v) is 16.6. The molecule has 0 spiro atoms. The second-order valence-corrected chi connectivity index (χ2v) is 6.99. The van der Waals surface area contributed by atoms with Gasteiger partial charge in [-0.25, -0.2) is 0 Å². The van der Waals surface area contributed by atoms with E-state index in [9.17, 15) is 9.59 Å². The van der Waals surface area contributed by atoms with E-state index in [0.29, 0.717) is 17.7 Å². The number of rotatable bonds is 5. The lowest BCUT2D eigenvalue weighted by Crippen LogP contribution is -2.19. The van der Waals surface area contributed by atoms with Gasteiger partial charge < -0.3 is 10.6 Å². The normalized spacial score (nSPS) is 10.6. The highest BCUT2D eigenvalue weighted by atomic mass is 16.2. The van der Waals surface area contributed by atoms with Gasteiger partial charge in [0.25, 0.3) is 11.8 Å². The molecule has 30 heavy (non-hydrogen) atoms. The van der Waals surface area contributed by atoms with Crippen molar-refractivity contribution in [3.63, 3.8) is 0 Å². The molecular weight excluding hydrogens is 374 g/mol. The third kappa shape index (κ3) is 4.20. The van der Waals surface area contributed by atoms with E-state index < -0.39 is 0 Å². The lowest BCUT2D eigenvalue weighted by molar-refractivity contribution is 0.0957. The number of pyridine rings is 1. The molecule has 0 saturated carbocycles. The molecule has 0 saturated heterocycles. The molecule has 5 nitrogen and oxygen atoms in total. The molecule has 5 heteroatoms. The summed E-state index contributed by atoms with van der Waals surface area (Å²) < 4.78 is 0. The summed E-state index contributed by atoms with van der Waals surface area (Å²) in [7, 11) is 1.59. The lowest BCUT2D eigenvalue weighted by Gasteiger charge is -2.10. The number of amides is 2. The number of anilines is 1. The number of hydrogen-bond acceptors (Lipinski definition) is 3. The first-order valence-corrected chi connectivity index (χ1v) is 9.69. The summed E-state index contributed by atoms with van der Waals surface area (Å²) >= 11 is 0. The van der Waals surface area contributed by atoms with Crippen LogP contribution in [0.3, 0.4) is 0 Å². The second kappa shape index (κ2) is 8.57. The summed E-state index contributed by atoms with van der Waals surface area (Å²) in [6.45, 7) is 0. The van der Waals surface area contributed by atoms with Crippen LogP contribution < -0.4 is 10.6 Å². The highest BCUT2D eigenvalue weighted by molar-refractivity contribution is 6.13. The van der Waals surface area contributed by atoms with Gasteiger partial charge in [-0.1, -0.05) is 48.5 Å². The maximum absolute atomic E-state index is 12.8. The van der Waals surface area contributed by atoms with Crippen molar-refractivity contribution < 1.29 is 9.59 Å². The Bertz CT molecular complexity index is 1220. The van der Waals surface area contributed by atoms with Crippen LogP contribution in [0, 0.1) is 0 Å². The predicted octanol–water partition coefficient (Wildman–Crippen LogP) is 4.44. The smallest absolute Gasteiger partial charge is 0.269 e. The summed E-state index contributed by atoms with van der Waals surface area (Å²) in [6.07, 6.45) is 2.32. The molecule has 3 aromatic carbocycles. The number of para-hydroxylation sites is 1. The van der Waals surface area contributed by atoms with E-state index in [1.54, 1.807) is 19.3 Å². The third-order valence-corrected chi connectivity index (χ3v) is 4.91. The van der Waals surface area contributed by atoms with Crippen molar-refractivity contribution in [2.45, 2.75) is 6.42 Å². The van der Waals surface area contributed by atoms with Crippen LogP contribution in [0.4, 0.5) is 5.69 Å². The van der Waals surface area contributed by atoms with E-state index in [1.165, 1.54) is 0 Å². The number of carbonyl (C=O) groups is 2. The molecule has 148 valence electrons. The summed E-state index contributed by atoms with van der Waals surface area (Å²) in [5.41, 5.74) is 3.89. The standard InChI is InChI=1S/C25H21N3O2/c1-26-25(30)23-16-18(12-13-27-23)14-17-10-11-21-19(15-17)6-5-9-22(21)24(29)28-20-7-3-2-4-8-20/h2-13,15-16H,14H2,1H3,(H,26,30)(H,28,29). The summed E-state index contributed by atoms with van der Waals surface area (Å²) in [5.74, 6) is -0.340. The van der Waals surface area contributed by atoms with Gasteiger partial charge in [0.1, 0.15) is 5.69 Å². The van der Waals surface area contributed by atoms with Gasteiger partial charge in [-0.2, -0.15) is 0 Å². The molecule has 2 N–H and O–H groups in total. The van der Waals surface area contributed by atoms with E-state index >= 15 is 0 Å². The maximum Gasteiger partial charge on any atom is 0.269 e. The fourth-order valence-corrected chi connectivity index (χ4v) is 3.43. The topological polar surface area (TPSA) is 71.1 Å². The number of nitrogens with one attached hydrogen (secondary N) is 2. The molecule has 0 aliphatic rings. The molecule has 0 aliphatic heterocycles. The molecule has 0 unspecified atom stereocenters. The molecular formula is C25H21N3O2. The molecule has 0 atom stereocenters. The van der Waals surface area contributed by atoms with Crippen LogP contribution in [0.2, 0.25) is 0 Å². The lowest BCUT2D eigenvalue weighted by atomic mass is 9.98. The van der Waals surface area contributed by atoms with Crippen molar-refractivity contribution >= 4 is 28.3 Å². The Labute approximate surface area is 174 Å². The van der Waals surface area contributed by atoms with Crippen LogP contribution in [0.25, 0.3) is 10.8 Å². The van der Waals surface area contributed by atoms with Gasteiger partial charge in [-0.3, -0.25) is 14.6 Å².